The molecule has 0 unspecified atom stereocenters. The van der Waals surface area contributed by atoms with Crippen molar-refractivity contribution in [3.63, 3.8) is 0 Å². The molecular weight excluding hydrogens is 418 g/mol. The number of benzene rings is 2. The number of hydrogen-bond acceptors (Lipinski definition) is 5. The van der Waals surface area contributed by atoms with Gasteiger partial charge < -0.3 is 15.0 Å². The van der Waals surface area contributed by atoms with E-state index in [2.05, 4.69) is 10.0 Å². The van der Waals surface area contributed by atoms with Gasteiger partial charge in [-0.3, -0.25) is 14.3 Å². The van der Waals surface area contributed by atoms with E-state index in [0.717, 1.165) is 25.7 Å². The third kappa shape index (κ3) is 5.55. The number of ether oxygens (including phenoxy) is 1. The highest BCUT2D eigenvalue weighted by Crippen LogP contribution is 2.29. The summed E-state index contributed by atoms with van der Waals surface area (Å²) in [5.41, 5.74) is 0.768. The number of carbonyl (C=O) groups excluding carboxylic acids is 2. The molecule has 0 spiro atoms. The lowest BCUT2D eigenvalue weighted by molar-refractivity contribution is -0.114. The van der Waals surface area contributed by atoms with Crippen molar-refractivity contribution in [2.24, 2.45) is 0 Å². The van der Waals surface area contributed by atoms with Gasteiger partial charge in [-0.25, -0.2) is 8.42 Å². The van der Waals surface area contributed by atoms with Crippen LogP contribution in [0.15, 0.2) is 47.4 Å². The van der Waals surface area contributed by atoms with Crippen molar-refractivity contribution in [3.05, 3.63) is 48.0 Å². The second-order valence-electron chi connectivity index (χ2n) is 7.40. The van der Waals surface area contributed by atoms with E-state index in [-0.39, 0.29) is 28.1 Å². The first-order chi connectivity index (χ1) is 14.8. The molecule has 1 saturated heterocycles. The number of methoxy groups -OCH3 is 1. The van der Waals surface area contributed by atoms with Crippen molar-refractivity contribution in [2.75, 3.05) is 30.2 Å². The van der Waals surface area contributed by atoms with Crippen LogP contribution in [0.2, 0.25) is 0 Å². The lowest BCUT2D eigenvalue weighted by Crippen LogP contribution is -2.32. The molecule has 31 heavy (non-hydrogen) atoms. The monoisotopic (exact) mass is 445 g/mol. The van der Waals surface area contributed by atoms with Gasteiger partial charge in [0.05, 0.1) is 28.9 Å². The van der Waals surface area contributed by atoms with Crippen molar-refractivity contribution in [2.45, 2.75) is 37.5 Å². The summed E-state index contributed by atoms with van der Waals surface area (Å²) in [6, 6.07) is 10.8. The van der Waals surface area contributed by atoms with Gasteiger partial charge in [0.1, 0.15) is 5.75 Å². The molecule has 0 aromatic heterocycles. The van der Waals surface area contributed by atoms with Gasteiger partial charge in [-0.05, 0) is 43.2 Å². The number of nitrogens with zero attached hydrogens (tertiary/aromatic N) is 1. The smallest absolute Gasteiger partial charge is 0.261 e. The quantitative estimate of drug-likeness (QED) is 0.708. The maximum absolute atomic E-state index is 13.1. The zero-order valence-corrected chi connectivity index (χ0v) is 18.5. The molecule has 0 aliphatic carbocycles. The number of rotatable bonds is 6. The molecule has 0 radical (unpaired) electrons. The predicted molar refractivity (Wildman–Crippen MR) is 119 cm³/mol. The Labute approximate surface area is 182 Å². The number of hydrogen-bond donors (Lipinski definition) is 2. The van der Waals surface area contributed by atoms with Gasteiger partial charge in [0, 0.05) is 20.0 Å². The Bertz CT molecular complexity index is 1060. The van der Waals surface area contributed by atoms with E-state index in [0.29, 0.717) is 24.4 Å². The molecule has 1 heterocycles. The minimum Gasteiger partial charge on any atom is -0.495 e. The number of para-hydroxylation sites is 1. The molecule has 166 valence electrons. The van der Waals surface area contributed by atoms with Gasteiger partial charge in [0.25, 0.3) is 15.9 Å². The average Bonchev–Trinajstić information content (AvgIpc) is 3.02. The molecule has 3 rings (SSSR count). The maximum atomic E-state index is 13.1. The van der Waals surface area contributed by atoms with Crippen molar-refractivity contribution in [1.29, 1.82) is 0 Å². The summed E-state index contributed by atoms with van der Waals surface area (Å²) in [5, 5.41) is 2.56. The van der Waals surface area contributed by atoms with Crippen LogP contribution in [0.4, 0.5) is 11.4 Å². The van der Waals surface area contributed by atoms with Crippen LogP contribution in [0.1, 0.15) is 43.0 Å². The summed E-state index contributed by atoms with van der Waals surface area (Å²) in [6.45, 7) is 2.65. The molecule has 2 amide bonds. The molecule has 2 aromatic carbocycles. The van der Waals surface area contributed by atoms with Crippen LogP contribution in [0.3, 0.4) is 0 Å². The van der Waals surface area contributed by atoms with E-state index in [1.807, 2.05) is 0 Å². The lowest BCUT2D eigenvalue weighted by atomic mass is 10.1. The molecule has 9 heteroatoms. The third-order valence-corrected chi connectivity index (χ3v) is 6.45. The van der Waals surface area contributed by atoms with Crippen LogP contribution < -0.4 is 14.8 Å². The zero-order chi connectivity index (χ0) is 22.4. The largest absolute Gasteiger partial charge is 0.495 e. The van der Waals surface area contributed by atoms with Gasteiger partial charge in [-0.2, -0.15) is 0 Å². The topological polar surface area (TPSA) is 105 Å². The fourth-order valence-corrected chi connectivity index (χ4v) is 4.65. The second kappa shape index (κ2) is 9.82. The van der Waals surface area contributed by atoms with Crippen LogP contribution in [-0.4, -0.2) is 45.3 Å². The van der Waals surface area contributed by atoms with Crippen LogP contribution >= 0.6 is 0 Å². The zero-order valence-electron chi connectivity index (χ0n) is 17.7. The molecule has 0 bridgehead atoms. The van der Waals surface area contributed by atoms with Crippen molar-refractivity contribution >= 4 is 33.2 Å². The average molecular weight is 446 g/mol. The Hall–Kier alpha value is -3.07. The van der Waals surface area contributed by atoms with E-state index < -0.39 is 10.0 Å². The van der Waals surface area contributed by atoms with Crippen LogP contribution in [0, 0.1) is 0 Å². The van der Waals surface area contributed by atoms with Crippen molar-refractivity contribution in [3.8, 4) is 5.75 Å². The number of amides is 2. The number of sulfonamides is 1. The van der Waals surface area contributed by atoms with E-state index in [9.17, 15) is 18.0 Å². The summed E-state index contributed by atoms with van der Waals surface area (Å²) in [4.78, 5) is 26.3. The summed E-state index contributed by atoms with van der Waals surface area (Å²) in [6.07, 6.45) is 4.06. The lowest BCUT2D eigenvalue weighted by Gasteiger charge is -2.22. The Balaban J connectivity index is 1.90. The first-order valence-corrected chi connectivity index (χ1v) is 11.7. The highest BCUT2D eigenvalue weighted by atomic mass is 32.2. The maximum Gasteiger partial charge on any atom is 0.261 e. The van der Waals surface area contributed by atoms with Crippen LogP contribution in [0.5, 0.6) is 5.75 Å². The SMILES string of the molecule is COc1ccc(S(=O)(=O)Nc2ccccc2C(=O)N2CCCCCC2)cc1NC(C)=O. The normalized spacial score (nSPS) is 14.5. The minimum atomic E-state index is -4.02. The fraction of sp³-hybridized carbons (Fsp3) is 0.364. The number of likely N-dealkylation sites (tertiary alicyclic amines) is 1. The molecule has 2 aromatic rings. The first kappa shape index (κ1) is 22.6. The fourth-order valence-electron chi connectivity index (χ4n) is 3.55. The van der Waals surface area contributed by atoms with Gasteiger partial charge in [0.15, 0.2) is 0 Å². The van der Waals surface area contributed by atoms with Gasteiger partial charge in [-0.1, -0.05) is 25.0 Å². The number of carbonyl (C=O) groups is 2. The summed E-state index contributed by atoms with van der Waals surface area (Å²) in [7, 11) is -2.59. The molecule has 1 aliphatic rings. The van der Waals surface area contributed by atoms with E-state index in [4.69, 9.17) is 4.74 Å². The summed E-state index contributed by atoms with van der Waals surface area (Å²) in [5.74, 6) is -0.200. The highest BCUT2D eigenvalue weighted by Gasteiger charge is 2.23. The van der Waals surface area contributed by atoms with E-state index in [1.54, 1.807) is 29.2 Å². The molecule has 8 nitrogen and oxygen atoms in total. The molecule has 1 aliphatic heterocycles. The Morgan fingerprint density at radius 1 is 0.968 bits per heavy atom. The van der Waals surface area contributed by atoms with Crippen molar-refractivity contribution < 1.29 is 22.7 Å². The number of anilines is 2. The predicted octanol–water partition coefficient (Wildman–Crippen LogP) is 3.47. The van der Waals surface area contributed by atoms with Crippen molar-refractivity contribution in [1.82, 2.24) is 4.90 Å². The minimum absolute atomic E-state index is 0.0610. The number of nitrogens with one attached hydrogen (secondary N) is 2. The van der Waals surface area contributed by atoms with Gasteiger partial charge >= 0.3 is 0 Å². The van der Waals surface area contributed by atoms with E-state index >= 15 is 0 Å². The summed E-state index contributed by atoms with van der Waals surface area (Å²) >= 11 is 0. The highest BCUT2D eigenvalue weighted by molar-refractivity contribution is 7.92. The van der Waals surface area contributed by atoms with Crippen LogP contribution in [0.25, 0.3) is 0 Å². The Morgan fingerprint density at radius 3 is 2.29 bits per heavy atom. The van der Waals surface area contributed by atoms with Crippen LogP contribution in [-0.2, 0) is 14.8 Å². The molecule has 1 fully saturated rings. The van der Waals surface area contributed by atoms with Gasteiger partial charge in [0.2, 0.25) is 5.91 Å². The summed E-state index contributed by atoms with van der Waals surface area (Å²) < 4.78 is 33.8. The molecule has 2 N–H and O–H groups in total. The Morgan fingerprint density at radius 2 is 1.65 bits per heavy atom. The van der Waals surface area contributed by atoms with Gasteiger partial charge in [-0.15, -0.1) is 0 Å². The molecular formula is C22H27N3O5S. The standard InChI is InChI=1S/C22H27N3O5S/c1-16(26)23-20-15-17(11-12-21(20)30-2)31(28,29)24-19-10-6-5-9-18(19)22(27)25-13-7-3-4-8-14-25/h5-6,9-12,15,24H,3-4,7-8,13-14H2,1-2H3,(H,23,26). The molecule has 0 saturated carbocycles. The second-order valence-corrected chi connectivity index (χ2v) is 9.08. The van der Waals surface area contributed by atoms with E-state index in [1.165, 1.54) is 32.2 Å². The Kier molecular flexibility index (Phi) is 7.17. The molecule has 0 atom stereocenters. The third-order valence-electron chi connectivity index (χ3n) is 5.09. The first-order valence-electron chi connectivity index (χ1n) is 10.2.